The van der Waals surface area contributed by atoms with Crippen molar-refractivity contribution in [2.24, 2.45) is 11.5 Å². The van der Waals surface area contributed by atoms with Gasteiger partial charge in [-0.3, -0.25) is 0 Å². The lowest BCUT2D eigenvalue weighted by molar-refractivity contribution is -0.0372. The Morgan fingerprint density at radius 3 is 2.42 bits per heavy atom. The molecule has 6 N–H and O–H groups in total. The number of hydrogen-bond acceptors (Lipinski definition) is 5. The zero-order valence-electron chi connectivity index (χ0n) is 7.15. The maximum Gasteiger partial charge on any atom is 0.0957 e. The van der Waals surface area contributed by atoms with Crippen LogP contribution in [-0.4, -0.2) is 48.7 Å². The Balaban J connectivity index is 3.62. The smallest absolute Gasteiger partial charge is 0.0957 e. The van der Waals surface area contributed by atoms with E-state index < -0.39 is 12.2 Å². The fraction of sp³-hybridized carbons (Fsp3) is 1.00. The van der Waals surface area contributed by atoms with Crippen molar-refractivity contribution in [1.82, 2.24) is 0 Å². The Morgan fingerprint density at radius 2 is 2.00 bits per heavy atom. The number of rotatable bonds is 7. The molecule has 74 valence electrons. The third kappa shape index (κ3) is 4.63. The summed E-state index contributed by atoms with van der Waals surface area (Å²) in [5.74, 6) is 0. The van der Waals surface area contributed by atoms with E-state index in [4.69, 9.17) is 21.3 Å². The lowest BCUT2D eigenvalue weighted by Crippen LogP contribution is -2.37. The molecule has 2 atom stereocenters. The van der Waals surface area contributed by atoms with Crippen molar-refractivity contribution in [3.05, 3.63) is 0 Å². The number of ether oxygens (including phenoxy) is 1. The van der Waals surface area contributed by atoms with E-state index in [2.05, 4.69) is 0 Å². The molecule has 0 aliphatic heterocycles. The largest absolute Gasteiger partial charge is 0.396 e. The maximum absolute atomic E-state index is 9.33. The summed E-state index contributed by atoms with van der Waals surface area (Å²) in [6.45, 7) is 0.956. The molecule has 0 rings (SSSR count). The molecular weight excluding hydrogens is 160 g/mol. The van der Waals surface area contributed by atoms with Crippen molar-refractivity contribution < 1.29 is 14.9 Å². The molecule has 0 spiro atoms. The molecule has 0 aromatic heterocycles. The number of aliphatic hydroxyl groups is 2. The third-order valence-electron chi connectivity index (χ3n) is 1.54. The summed E-state index contributed by atoms with van der Waals surface area (Å²) in [6, 6.07) is 0. The van der Waals surface area contributed by atoms with Crippen LogP contribution in [0.15, 0.2) is 0 Å². The van der Waals surface area contributed by atoms with Gasteiger partial charge in [-0.1, -0.05) is 0 Å². The van der Waals surface area contributed by atoms with Gasteiger partial charge in [-0.05, 0) is 6.42 Å². The van der Waals surface area contributed by atoms with E-state index in [0.717, 1.165) is 0 Å². The molecule has 2 unspecified atom stereocenters. The van der Waals surface area contributed by atoms with Gasteiger partial charge in [0.05, 0.1) is 18.8 Å². The summed E-state index contributed by atoms with van der Waals surface area (Å²) >= 11 is 0. The lowest BCUT2D eigenvalue weighted by Gasteiger charge is -2.20. The highest BCUT2D eigenvalue weighted by atomic mass is 16.5. The summed E-state index contributed by atoms with van der Waals surface area (Å²) in [5.41, 5.74) is 10.5. The molecule has 0 saturated carbocycles. The van der Waals surface area contributed by atoms with Gasteiger partial charge in [-0.25, -0.2) is 0 Å². The summed E-state index contributed by atoms with van der Waals surface area (Å²) in [6.07, 6.45) is -0.834. The molecule has 12 heavy (non-hydrogen) atoms. The van der Waals surface area contributed by atoms with Crippen LogP contribution in [-0.2, 0) is 4.74 Å². The zero-order chi connectivity index (χ0) is 9.40. The van der Waals surface area contributed by atoms with E-state index in [0.29, 0.717) is 13.2 Å². The van der Waals surface area contributed by atoms with Crippen molar-refractivity contribution in [2.45, 2.75) is 18.6 Å². The van der Waals surface area contributed by atoms with Crippen molar-refractivity contribution in [3.8, 4) is 0 Å². The van der Waals surface area contributed by atoms with Gasteiger partial charge in [0.25, 0.3) is 0 Å². The second-order valence-electron chi connectivity index (χ2n) is 2.51. The van der Waals surface area contributed by atoms with Gasteiger partial charge >= 0.3 is 0 Å². The van der Waals surface area contributed by atoms with Gasteiger partial charge < -0.3 is 26.4 Å². The molecule has 0 fully saturated rings. The Kier molecular flexibility index (Phi) is 7.33. The summed E-state index contributed by atoms with van der Waals surface area (Å²) in [4.78, 5) is 0. The Morgan fingerprint density at radius 1 is 1.33 bits per heavy atom. The first-order valence-corrected chi connectivity index (χ1v) is 4.07. The minimum atomic E-state index is -0.702. The van der Waals surface area contributed by atoms with Crippen LogP contribution in [0.4, 0.5) is 0 Å². The average Bonchev–Trinajstić information content (AvgIpc) is 2.06. The van der Waals surface area contributed by atoms with E-state index in [9.17, 15) is 5.11 Å². The van der Waals surface area contributed by atoms with Gasteiger partial charge in [0.15, 0.2) is 0 Å². The maximum atomic E-state index is 9.33. The molecule has 0 aliphatic carbocycles. The van der Waals surface area contributed by atoms with Crippen molar-refractivity contribution >= 4 is 0 Å². The number of nitrogens with two attached hydrogens (primary N) is 2. The second-order valence-corrected chi connectivity index (χ2v) is 2.51. The van der Waals surface area contributed by atoms with Crippen LogP contribution in [0, 0.1) is 0 Å². The predicted octanol–water partition coefficient (Wildman–Crippen LogP) is -1.97. The highest BCUT2D eigenvalue weighted by molar-refractivity contribution is 4.69. The summed E-state index contributed by atoms with van der Waals surface area (Å²) in [7, 11) is 0. The Bertz CT molecular complexity index is 103. The fourth-order valence-electron chi connectivity index (χ4n) is 0.874. The molecule has 0 aromatic carbocycles. The highest BCUT2D eigenvalue weighted by Crippen LogP contribution is 2.01. The normalized spacial score (nSPS) is 16.0. The van der Waals surface area contributed by atoms with Crippen LogP contribution < -0.4 is 11.5 Å². The van der Waals surface area contributed by atoms with E-state index in [1.807, 2.05) is 0 Å². The first kappa shape index (κ1) is 11.8. The molecule has 0 amide bonds. The second kappa shape index (κ2) is 7.45. The van der Waals surface area contributed by atoms with Crippen molar-refractivity contribution in [3.63, 3.8) is 0 Å². The van der Waals surface area contributed by atoms with E-state index in [1.54, 1.807) is 0 Å². The van der Waals surface area contributed by atoms with Gasteiger partial charge in [-0.2, -0.15) is 0 Å². The molecule has 0 bridgehead atoms. The molecular formula is C7H18N2O3. The zero-order valence-corrected chi connectivity index (χ0v) is 7.15. The van der Waals surface area contributed by atoms with Crippen molar-refractivity contribution in [2.75, 3.05) is 26.3 Å². The minimum absolute atomic E-state index is 0.0658. The molecule has 0 heterocycles. The van der Waals surface area contributed by atoms with Gasteiger partial charge in [0, 0.05) is 19.7 Å². The van der Waals surface area contributed by atoms with Gasteiger partial charge in [0.1, 0.15) is 0 Å². The molecule has 5 heteroatoms. The monoisotopic (exact) mass is 178 g/mol. The van der Waals surface area contributed by atoms with Gasteiger partial charge in [0.2, 0.25) is 0 Å². The van der Waals surface area contributed by atoms with E-state index in [-0.39, 0.29) is 19.6 Å². The lowest BCUT2D eigenvalue weighted by atomic mass is 10.1. The van der Waals surface area contributed by atoms with Crippen LogP contribution in [0.3, 0.4) is 0 Å². The molecule has 0 aromatic rings. The van der Waals surface area contributed by atoms with E-state index in [1.165, 1.54) is 0 Å². The Labute approximate surface area is 72.3 Å². The van der Waals surface area contributed by atoms with Crippen LogP contribution in [0.25, 0.3) is 0 Å². The van der Waals surface area contributed by atoms with Crippen molar-refractivity contribution in [1.29, 1.82) is 0 Å². The quantitative estimate of drug-likeness (QED) is 0.362. The fourth-order valence-corrected chi connectivity index (χ4v) is 0.874. The summed E-state index contributed by atoms with van der Waals surface area (Å²) in [5, 5.41) is 17.9. The molecule has 0 saturated heterocycles. The first-order chi connectivity index (χ1) is 5.76. The van der Waals surface area contributed by atoms with Crippen LogP contribution in [0.5, 0.6) is 0 Å². The number of hydrogen-bond donors (Lipinski definition) is 4. The third-order valence-corrected chi connectivity index (χ3v) is 1.54. The van der Waals surface area contributed by atoms with Crippen LogP contribution in [0.2, 0.25) is 0 Å². The minimum Gasteiger partial charge on any atom is -0.396 e. The average molecular weight is 178 g/mol. The molecule has 0 aliphatic rings. The molecule has 5 nitrogen and oxygen atoms in total. The highest BCUT2D eigenvalue weighted by Gasteiger charge is 2.16. The number of aliphatic hydroxyl groups excluding tert-OH is 2. The van der Waals surface area contributed by atoms with E-state index >= 15 is 0 Å². The van der Waals surface area contributed by atoms with Gasteiger partial charge in [-0.15, -0.1) is 0 Å². The first-order valence-electron chi connectivity index (χ1n) is 4.07. The standard InChI is InChI=1S/C7H18N2O3/c8-2-4-12-7(5-9)6(11)1-3-10/h6-7,10-11H,1-5,8-9H2. The molecule has 0 radical (unpaired) electrons. The SMILES string of the molecule is NCCOC(CN)C(O)CCO. The van der Waals surface area contributed by atoms with Crippen LogP contribution in [0.1, 0.15) is 6.42 Å². The topological polar surface area (TPSA) is 102 Å². The predicted molar refractivity (Wildman–Crippen MR) is 45.6 cm³/mol. The van der Waals surface area contributed by atoms with Crippen LogP contribution >= 0.6 is 0 Å². The summed E-state index contributed by atoms with van der Waals surface area (Å²) < 4.78 is 5.14. The Hall–Kier alpha value is -0.200.